The van der Waals surface area contributed by atoms with Crippen molar-refractivity contribution in [2.75, 3.05) is 20.3 Å². The highest BCUT2D eigenvalue weighted by molar-refractivity contribution is 6.46. The highest BCUT2D eigenvalue weighted by Crippen LogP contribution is 2.41. The van der Waals surface area contributed by atoms with Crippen LogP contribution in [-0.2, 0) is 14.3 Å². The maximum atomic E-state index is 13.2. The summed E-state index contributed by atoms with van der Waals surface area (Å²) in [5.74, 6) is 0.275. The first-order valence-electron chi connectivity index (χ1n) is 11.2. The van der Waals surface area contributed by atoms with E-state index in [4.69, 9.17) is 13.9 Å². The zero-order valence-electron chi connectivity index (χ0n) is 20.4. The summed E-state index contributed by atoms with van der Waals surface area (Å²) in [6, 6.07) is 6.33. The molecule has 1 fully saturated rings. The number of carbonyl (C=O) groups is 2. The lowest BCUT2D eigenvalue weighted by Gasteiger charge is -2.24. The number of methoxy groups -OCH3 is 1. The first kappa shape index (κ1) is 24.6. The predicted molar refractivity (Wildman–Crippen MR) is 125 cm³/mol. The number of aliphatic hydroxyl groups excluding tert-OH is 1. The number of furan rings is 1. The van der Waals surface area contributed by atoms with Crippen LogP contribution in [0.3, 0.4) is 0 Å². The van der Waals surface area contributed by atoms with Crippen LogP contribution in [0, 0.1) is 13.8 Å². The molecule has 1 aliphatic heterocycles. The Morgan fingerprint density at radius 1 is 1.15 bits per heavy atom. The molecular weight excluding hydrogens is 422 g/mol. The second-order valence-corrected chi connectivity index (χ2v) is 8.92. The Labute approximate surface area is 195 Å². The zero-order chi connectivity index (χ0) is 24.4. The van der Waals surface area contributed by atoms with E-state index in [0.29, 0.717) is 22.8 Å². The van der Waals surface area contributed by atoms with Crippen molar-refractivity contribution >= 4 is 17.4 Å². The van der Waals surface area contributed by atoms with Crippen LogP contribution in [0.1, 0.15) is 67.9 Å². The summed E-state index contributed by atoms with van der Waals surface area (Å²) in [6.07, 6.45) is -0.0115. The van der Waals surface area contributed by atoms with E-state index in [0.717, 1.165) is 11.1 Å². The topological polar surface area (TPSA) is 89.2 Å². The van der Waals surface area contributed by atoms with Crippen LogP contribution in [0.15, 0.2) is 34.3 Å². The molecular formula is C26H33NO6. The third-order valence-electron chi connectivity index (χ3n) is 5.81. The zero-order valence-corrected chi connectivity index (χ0v) is 20.4. The molecule has 1 aromatic heterocycles. The fourth-order valence-electron chi connectivity index (χ4n) is 4.12. The molecule has 0 aliphatic carbocycles. The molecule has 2 heterocycles. The number of benzene rings is 1. The van der Waals surface area contributed by atoms with Crippen molar-refractivity contribution in [3.05, 3.63) is 58.0 Å². The molecule has 1 unspecified atom stereocenters. The van der Waals surface area contributed by atoms with E-state index in [-0.39, 0.29) is 36.5 Å². The Kier molecular flexibility index (Phi) is 7.32. The molecule has 1 N–H and O–H groups in total. The lowest BCUT2D eigenvalue weighted by Crippen LogP contribution is -2.33. The van der Waals surface area contributed by atoms with E-state index in [1.165, 1.54) is 4.90 Å². The fraction of sp³-hybridized carbons (Fsp3) is 0.462. The molecule has 1 aliphatic rings. The van der Waals surface area contributed by atoms with Crippen LogP contribution in [0.5, 0.6) is 5.75 Å². The molecule has 0 saturated carbocycles. The molecule has 0 radical (unpaired) electrons. The molecule has 0 spiro atoms. The number of carbonyl (C=O) groups excluding carboxylic acids is 2. The lowest BCUT2D eigenvalue weighted by molar-refractivity contribution is -0.140. The van der Waals surface area contributed by atoms with Gasteiger partial charge in [-0.1, -0.05) is 13.8 Å². The lowest BCUT2D eigenvalue weighted by atomic mass is 9.92. The molecule has 2 aromatic rings. The van der Waals surface area contributed by atoms with Crippen molar-refractivity contribution in [3.8, 4) is 5.75 Å². The summed E-state index contributed by atoms with van der Waals surface area (Å²) in [5, 5.41) is 11.4. The molecule has 1 saturated heterocycles. The Hall–Kier alpha value is -3.06. The molecule has 1 atom stereocenters. The number of hydrogen-bond donors (Lipinski definition) is 1. The third-order valence-corrected chi connectivity index (χ3v) is 5.81. The fourth-order valence-corrected chi connectivity index (χ4v) is 4.12. The number of ether oxygens (including phenoxy) is 2. The first-order valence-corrected chi connectivity index (χ1v) is 11.2. The van der Waals surface area contributed by atoms with Crippen molar-refractivity contribution in [2.24, 2.45) is 0 Å². The van der Waals surface area contributed by atoms with Gasteiger partial charge in [0.1, 0.15) is 29.1 Å². The number of amides is 1. The van der Waals surface area contributed by atoms with Gasteiger partial charge in [-0.05, 0) is 69.0 Å². The van der Waals surface area contributed by atoms with Gasteiger partial charge in [-0.15, -0.1) is 0 Å². The van der Waals surface area contributed by atoms with Gasteiger partial charge in [0.15, 0.2) is 0 Å². The minimum Gasteiger partial charge on any atom is -0.507 e. The van der Waals surface area contributed by atoms with Gasteiger partial charge in [-0.3, -0.25) is 9.59 Å². The van der Waals surface area contributed by atoms with Crippen LogP contribution in [0.25, 0.3) is 5.76 Å². The van der Waals surface area contributed by atoms with Gasteiger partial charge in [0, 0.05) is 12.1 Å². The minimum atomic E-state index is -0.835. The van der Waals surface area contributed by atoms with Crippen LogP contribution in [0.2, 0.25) is 0 Å². The summed E-state index contributed by atoms with van der Waals surface area (Å²) in [6.45, 7) is 11.9. The summed E-state index contributed by atoms with van der Waals surface area (Å²) in [4.78, 5) is 27.6. The highest BCUT2D eigenvalue weighted by Gasteiger charge is 2.47. The van der Waals surface area contributed by atoms with Crippen molar-refractivity contribution in [1.29, 1.82) is 0 Å². The van der Waals surface area contributed by atoms with E-state index in [1.54, 1.807) is 26.2 Å². The van der Waals surface area contributed by atoms with E-state index < -0.39 is 17.7 Å². The molecule has 3 rings (SSSR count). The van der Waals surface area contributed by atoms with Crippen LogP contribution in [0.4, 0.5) is 0 Å². The van der Waals surface area contributed by atoms with Gasteiger partial charge < -0.3 is 23.9 Å². The van der Waals surface area contributed by atoms with Crippen LogP contribution >= 0.6 is 0 Å². The predicted octanol–water partition coefficient (Wildman–Crippen LogP) is 4.88. The molecule has 7 nitrogen and oxygen atoms in total. The number of Topliss-reactive ketones (excluding diaryl/α,β-unsaturated/α-hetero) is 1. The van der Waals surface area contributed by atoms with Gasteiger partial charge in [-0.25, -0.2) is 0 Å². The number of hydrogen-bond acceptors (Lipinski definition) is 6. The molecule has 178 valence electrons. The number of nitrogens with zero attached hydrogens (tertiary/aromatic N) is 1. The highest BCUT2D eigenvalue weighted by atomic mass is 16.5. The smallest absolute Gasteiger partial charge is 0.295 e. The van der Waals surface area contributed by atoms with E-state index in [9.17, 15) is 14.7 Å². The monoisotopic (exact) mass is 455 g/mol. The summed E-state index contributed by atoms with van der Waals surface area (Å²) < 4.78 is 16.9. The second-order valence-electron chi connectivity index (χ2n) is 8.92. The maximum absolute atomic E-state index is 13.2. The molecule has 7 heteroatoms. The molecule has 1 amide bonds. The number of rotatable bonds is 8. The minimum absolute atomic E-state index is 0.0115. The van der Waals surface area contributed by atoms with E-state index in [1.807, 2.05) is 46.8 Å². The SMILES string of the molecule is COc1cc(C)c(/C(O)=C2\C(=O)C(=O)N(CCOC(C)C)C2c2ccc(C)o2)cc1C(C)C. The Morgan fingerprint density at radius 2 is 1.85 bits per heavy atom. The van der Waals surface area contributed by atoms with Gasteiger partial charge in [-0.2, -0.15) is 0 Å². The largest absolute Gasteiger partial charge is 0.507 e. The first-order chi connectivity index (χ1) is 15.6. The van der Waals surface area contributed by atoms with Gasteiger partial charge in [0.25, 0.3) is 11.7 Å². The van der Waals surface area contributed by atoms with E-state index >= 15 is 0 Å². The van der Waals surface area contributed by atoms with Gasteiger partial charge in [0.05, 0.1) is 25.4 Å². The quantitative estimate of drug-likeness (QED) is 0.347. The summed E-state index contributed by atoms with van der Waals surface area (Å²) >= 11 is 0. The van der Waals surface area contributed by atoms with Crippen molar-refractivity contribution in [3.63, 3.8) is 0 Å². The average Bonchev–Trinajstić information content (AvgIpc) is 3.28. The summed E-state index contributed by atoms with van der Waals surface area (Å²) in [7, 11) is 1.60. The normalized spacial score (nSPS) is 18.1. The van der Waals surface area contributed by atoms with E-state index in [2.05, 4.69) is 0 Å². The third kappa shape index (κ3) is 4.83. The molecule has 1 aromatic carbocycles. The summed E-state index contributed by atoms with van der Waals surface area (Å²) in [5.41, 5.74) is 2.14. The number of likely N-dealkylation sites (tertiary alicyclic amines) is 1. The molecule has 33 heavy (non-hydrogen) atoms. The number of ketones is 1. The van der Waals surface area contributed by atoms with Crippen molar-refractivity contribution < 1.29 is 28.6 Å². The van der Waals surface area contributed by atoms with Gasteiger partial charge in [0.2, 0.25) is 0 Å². The second kappa shape index (κ2) is 9.83. The standard InChI is InChI=1S/C26H33NO6/c1-14(2)18-13-19(16(5)12-21(18)31-7)24(28)22-23(20-9-8-17(6)33-20)27(26(30)25(22)29)10-11-32-15(3)4/h8-9,12-15,23,28H,10-11H2,1-7H3/b24-22+. The van der Waals surface area contributed by atoms with Crippen molar-refractivity contribution in [2.45, 2.75) is 59.6 Å². The number of aliphatic hydroxyl groups is 1. The van der Waals surface area contributed by atoms with Gasteiger partial charge >= 0.3 is 0 Å². The number of aryl methyl sites for hydroxylation is 2. The molecule has 0 bridgehead atoms. The Bertz CT molecular complexity index is 1080. The van der Waals surface area contributed by atoms with Crippen LogP contribution in [-0.4, -0.2) is 48.1 Å². The Morgan fingerprint density at radius 3 is 2.39 bits per heavy atom. The van der Waals surface area contributed by atoms with Crippen LogP contribution < -0.4 is 4.74 Å². The Balaban J connectivity index is 2.16. The maximum Gasteiger partial charge on any atom is 0.295 e. The average molecular weight is 456 g/mol. The van der Waals surface area contributed by atoms with Crippen molar-refractivity contribution in [1.82, 2.24) is 4.90 Å².